The molecule has 1 fully saturated rings. The fourth-order valence-electron chi connectivity index (χ4n) is 2.23. The number of hydrogen-bond acceptors (Lipinski definition) is 3. The topological polar surface area (TPSA) is 44.4 Å². The van der Waals surface area contributed by atoms with Crippen LogP contribution in [0.4, 0.5) is 13.2 Å². The number of amides is 1. The summed E-state index contributed by atoms with van der Waals surface area (Å²) in [4.78, 5) is 14.0. The summed E-state index contributed by atoms with van der Waals surface area (Å²) in [5.41, 5.74) is -0.214. The third kappa shape index (κ3) is 5.15. The van der Waals surface area contributed by atoms with Gasteiger partial charge in [-0.2, -0.15) is 0 Å². The van der Waals surface area contributed by atoms with Crippen LogP contribution in [-0.4, -0.2) is 50.1 Å². The van der Waals surface area contributed by atoms with E-state index in [-0.39, 0.29) is 18.0 Å². The molecular formula is C14H19ClF3N3O. The summed E-state index contributed by atoms with van der Waals surface area (Å²) in [7, 11) is 0. The Kier molecular flexibility index (Phi) is 7.64. The van der Waals surface area contributed by atoms with Crippen molar-refractivity contribution in [2.45, 2.75) is 6.42 Å². The van der Waals surface area contributed by atoms with Gasteiger partial charge in [0.05, 0.1) is 0 Å². The monoisotopic (exact) mass is 337 g/mol. The first kappa shape index (κ1) is 18.7. The molecule has 22 heavy (non-hydrogen) atoms. The molecule has 4 nitrogen and oxygen atoms in total. The average Bonchev–Trinajstić information content (AvgIpc) is 2.49. The lowest BCUT2D eigenvalue weighted by Gasteiger charge is -2.27. The number of rotatable bonds is 5. The number of hydrogen-bond donors (Lipinski definition) is 2. The van der Waals surface area contributed by atoms with Crippen molar-refractivity contribution in [3.05, 3.63) is 35.1 Å². The largest absolute Gasteiger partial charge is 0.352 e. The minimum atomic E-state index is -1.56. The lowest BCUT2D eigenvalue weighted by Crippen LogP contribution is -2.44. The first-order valence-corrected chi connectivity index (χ1v) is 6.94. The zero-order valence-electron chi connectivity index (χ0n) is 12.0. The highest BCUT2D eigenvalue weighted by molar-refractivity contribution is 5.94. The Bertz CT molecular complexity index is 487. The van der Waals surface area contributed by atoms with Gasteiger partial charge in [-0.25, -0.2) is 13.2 Å². The van der Waals surface area contributed by atoms with Gasteiger partial charge in [-0.1, -0.05) is 0 Å². The van der Waals surface area contributed by atoms with Crippen LogP contribution < -0.4 is 10.6 Å². The summed E-state index contributed by atoms with van der Waals surface area (Å²) < 4.78 is 38.8. The maximum Gasteiger partial charge on any atom is 0.251 e. The van der Waals surface area contributed by atoms with Crippen LogP contribution in [0.3, 0.4) is 0 Å². The van der Waals surface area contributed by atoms with Crippen molar-refractivity contribution in [1.29, 1.82) is 0 Å². The Morgan fingerprint density at radius 3 is 2.36 bits per heavy atom. The number of carbonyl (C=O) groups excluding carboxylic acids is 1. The highest BCUT2D eigenvalue weighted by Gasteiger charge is 2.15. The normalized spacial score (nSPS) is 15.2. The van der Waals surface area contributed by atoms with Crippen molar-refractivity contribution in [1.82, 2.24) is 15.5 Å². The minimum absolute atomic E-state index is 0. The van der Waals surface area contributed by atoms with Gasteiger partial charge in [-0.3, -0.25) is 4.79 Å². The predicted octanol–water partition coefficient (Wildman–Crippen LogP) is 1.55. The molecule has 1 aromatic carbocycles. The van der Waals surface area contributed by atoms with Gasteiger partial charge in [0.25, 0.3) is 5.91 Å². The third-order valence-electron chi connectivity index (χ3n) is 3.39. The van der Waals surface area contributed by atoms with E-state index in [1.165, 1.54) is 0 Å². The molecule has 2 rings (SSSR count). The molecule has 1 heterocycles. The molecular weight excluding hydrogens is 319 g/mol. The Hall–Kier alpha value is -1.31. The summed E-state index contributed by atoms with van der Waals surface area (Å²) >= 11 is 0. The quantitative estimate of drug-likeness (QED) is 0.633. The molecule has 0 radical (unpaired) electrons. The van der Waals surface area contributed by atoms with Crippen LogP contribution >= 0.6 is 12.4 Å². The van der Waals surface area contributed by atoms with Crippen LogP contribution in [0.5, 0.6) is 0 Å². The van der Waals surface area contributed by atoms with Gasteiger partial charge in [0.15, 0.2) is 17.5 Å². The molecule has 1 aliphatic rings. The molecule has 0 aromatic heterocycles. The predicted molar refractivity (Wildman–Crippen MR) is 79.8 cm³/mol. The molecule has 0 saturated carbocycles. The molecule has 1 saturated heterocycles. The lowest BCUT2D eigenvalue weighted by molar-refractivity contribution is 0.0950. The van der Waals surface area contributed by atoms with Gasteiger partial charge >= 0.3 is 0 Å². The Morgan fingerprint density at radius 2 is 1.77 bits per heavy atom. The first-order chi connectivity index (χ1) is 10.1. The van der Waals surface area contributed by atoms with Crippen LogP contribution in [0.15, 0.2) is 12.1 Å². The van der Waals surface area contributed by atoms with Crippen molar-refractivity contribution >= 4 is 18.3 Å². The molecule has 124 valence electrons. The van der Waals surface area contributed by atoms with Crippen LogP contribution in [0.1, 0.15) is 16.8 Å². The highest BCUT2D eigenvalue weighted by Crippen LogP contribution is 2.13. The van der Waals surface area contributed by atoms with Gasteiger partial charge in [-0.15, -0.1) is 12.4 Å². The smallest absolute Gasteiger partial charge is 0.251 e. The highest BCUT2D eigenvalue weighted by atomic mass is 35.5. The number of nitrogens with zero attached hydrogens (tertiary/aromatic N) is 1. The zero-order chi connectivity index (χ0) is 15.2. The van der Waals surface area contributed by atoms with Gasteiger partial charge in [0.2, 0.25) is 0 Å². The Balaban J connectivity index is 0.00000242. The van der Waals surface area contributed by atoms with E-state index in [1.807, 2.05) is 0 Å². The van der Waals surface area contributed by atoms with Crippen LogP contribution in [0.2, 0.25) is 0 Å². The zero-order valence-corrected chi connectivity index (χ0v) is 12.8. The minimum Gasteiger partial charge on any atom is -0.352 e. The standard InChI is InChI=1S/C14H18F3N3O.ClH/c15-11-8-10(9-12(16)13(11)17)14(21)19-2-1-5-20-6-3-18-4-7-20;/h8-9,18H,1-7H2,(H,19,21);1H. The van der Waals surface area contributed by atoms with E-state index in [0.717, 1.165) is 39.1 Å². The van der Waals surface area contributed by atoms with E-state index in [2.05, 4.69) is 15.5 Å². The number of piperazine rings is 1. The fourth-order valence-corrected chi connectivity index (χ4v) is 2.23. The van der Waals surface area contributed by atoms with E-state index in [0.29, 0.717) is 18.7 Å². The van der Waals surface area contributed by atoms with E-state index in [9.17, 15) is 18.0 Å². The second-order valence-electron chi connectivity index (χ2n) is 4.95. The summed E-state index contributed by atoms with van der Waals surface area (Å²) in [6.07, 6.45) is 0.748. The summed E-state index contributed by atoms with van der Waals surface area (Å²) in [6, 6.07) is 1.40. The molecule has 0 bridgehead atoms. The van der Waals surface area contributed by atoms with Gasteiger partial charge in [-0.05, 0) is 25.1 Å². The lowest BCUT2D eigenvalue weighted by atomic mass is 10.2. The maximum atomic E-state index is 13.0. The Labute approximate surface area is 133 Å². The molecule has 2 N–H and O–H groups in total. The fraction of sp³-hybridized carbons (Fsp3) is 0.500. The van der Waals surface area contributed by atoms with Crippen LogP contribution in [0, 0.1) is 17.5 Å². The number of nitrogens with one attached hydrogen (secondary N) is 2. The molecule has 8 heteroatoms. The molecule has 0 atom stereocenters. The molecule has 1 aliphatic heterocycles. The Morgan fingerprint density at radius 1 is 1.18 bits per heavy atom. The average molecular weight is 338 g/mol. The van der Waals surface area contributed by atoms with Crippen molar-refractivity contribution in [2.75, 3.05) is 39.3 Å². The molecule has 1 aromatic rings. The van der Waals surface area contributed by atoms with E-state index >= 15 is 0 Å². The number of benzene rings is 1. The number of carbonyl (C=O) groups is 1. The molecule has 0 aliphatic carbocycles. The van der Waals surface area contributed by atoms with Gasteiger partial charge < -0.3 is 15.5 Å². The molecule has 0 spiro atoms. The van der Waals surface area contributed by atoms with E-state index < -0.39 is 23.4 Å². The third-order valence-corrected chi connectivity index (χ3v) is 3.39. The van der Waals surface area contributed by atoms with Gasteiger partial charge in [0, 0.05) is 38.3 Å². The van der Waals surface area contributed by atoms with Crippen molar-refractivity contribution in [2.24, 2.45) is 0 Å². The second kappa shape index (κ2) is 8.97. The van der Waals surface area contributed by atoms with Crippen molar-refractivity contribution in [3.63, 3.8) is 0 Å². The van der Waals surface area contributed by atoms with E-state index in [1.54, 1.807) is 0 Å². The maximum absolute atomic E-state index is 13.0. The van der Waals surface area contributed by atoms with Crippen molar-refractivity contribution < 1.29 is 18.0 Å². The second-order valence-corrected chi connectivity index (χ2v) is 4.95. The molecule has 0 unspecified atom stereocenters. The molecule has 1 amide bonds. The van der Waals surface area contributed by atoms with Crippen LogP contribution in [-0.2, 0) is 0 Å². The SMILES string of the molecule is Cl.O=C(NCCCN1CCNCC1)c1cc(F)c(F)c(F)c1. The van der Waals surface area contributed by atoms with Crippen LogP contribution in [0.25, 0.3) is 0 Å². The summed E-state index contributed by atoms with van der Waals surface area (Å²) in [6.45, 7) is 5.13. The van der Waals surface area contributed by atoms with E-state index in [4.69, 9.17) is 0 Å². The number of halogens is 4. The first-order valence-electron chi connectivity index (χ1n) is 6.94. The van der Waals surface area contributed by atoms with Crippen molar-refractivity contribution in [3.8, 4) is 0 Å². The summed E-state index contributed by atoms with van der Waals surface area (Å²) in [5.74, 6) is -4.89. The summed E-state index contributed by atoms with van der Waals surface area (Å²) in [5, 5.41) is 5.82. The van der Waals surface area contributed by atoms with Gasteiger partial charge in [0.1, 0.15) is 0 Å².